The van der Waals surface area contributed by atoms with Crippen LogP contribution in [0, 0.1) is 10.1 Å². The fourth-order valence-corrected chi connectivity index (χ4v) is 1.04. The summed E-state index contributed by atoms with van der Waals surface area (Å²) in [6, 6.07) is 6.18. The molecule has 2 atom stereocenters. The SMILES string of the molecule is NC(P)c1ccc([N+](=O)[O-])cc1. The number of nitrogens with zero attached hydrogens (tertiary/aromatic N) is 1. The van der Waals surface area contributed by atoms with Gasteiger partial charge in [-0.05, 0) is 5.56 Å². The first-order valence-electron chi connectivity index (χ1n) is 3.37. The molecule has 0 heterocycles. The van der Waals surface area contributed by atoms with Crippen LogP contribution >= 0.6 is 9.24 Å². The van der Waals surface area contributed by atoms with Crippen LogP contribution in [0.2, 0.25) is 0 Å². The van der Waals surface area contributed by atoms with Crippen LogP contribution in [0.3, 0.4) is 0 Å². The lowest BCUT2D eigenvalue weighted by molar-refractivity contribution is -0.384. The van der Waals surface area contributed by atoms with E-state index in [4.69, 9.17) is 5.73 Å². The lowest BCUT2D eigenvalue weighted by Crippen LogP contribution is -2.00. The number of nitro groups is 1. The molecule has 64 valence electrons. The molecule has 2 unspecified atom stereocenters. The lowest BCUT2D eigenvalue weighted by atomic mass is 10.2. The summed E-state index contributed by atoms with van der Waals surface area (Å²) in [5, 5.41) is 10.3. The number of benzene rings is 1. The molecule has 5 heteroatoms. The summed E-state index contributed by atoms with van der Waals surface area (Å²) < 4.78 is 0. The minimum absolute atomic E-state index is 0.0874. The molecule has 0 aliphatic carbocycles. The maximum absolute atomic E-state index is 10.3. The van der Waals surface area contributed by atoms with E-state index in [0.29, 0.717) is 0 Å². The molecule has 0 amide bonds. The van der Waals surface area contributed by atoms with E-state index in [0.717, 1.165) is 5.56 Å². The Morgan fingerprint density at radius 3 is 2.25 bits per heavy atom. The Kier molecular flexibility index (Phi) is 2.74. The molecular weight excluding hydrogens is 175 g/mol. The molecule has 0 spiro atoms. The average molecular weight is 184 g/mol. The van der Waals surface area contributed by atoms with Crippen molar-refractivity contribution in [2.45, 2.75) is 5.78 Å². The van der Waals surface area contributed by atoms with Crippen LogP contribution in [0.15, 0.2) is 24.3 Å². The molecule has 1 aromatic carbocycles. The average Bonchev–Trinajstić information content (AvgIpc) is 2.04. The van der Waals surface area contributed by atoms with E-state index >= 15 is 0 Å². The molecule has 0 bridgehead atoms. The van der Waals surface area contributed by atoms with Gasteiger partial charge in [-0.2, -0.15) is 0 Å². The maximum atomic E-state index is 10.3. The highest BCUT2D eigenvalue weighted by Crippen LogP contribution is 2.19. The molecule has 2 N–H and O–H groups in total. The zero-order chi connectivity index (χ0) is 9.14. The van der Waals surface area contributed by atoms with Crippen molar-refractivity contribution in [2.24, 2.45) is 5.73 Å². The monoisotopic (exact) mass is 184 g/mol. The minimum atomic E-state index is -0.432. The molecule has 0 saturated carbocycles. The van der Waals surface area contributed by atoms with Gasteiger partial charge in [0.15, 0.2) is 0 Å². The van der Waals surface area contributed by atoms with Crippen molar-refractivity contribution in [1.82, 2.24) is 0 Å². The van der Waals surface area contributed by atoms with Crippen LogP contribution in [-0.4, -0.2) is 4.92 Å². The summed E-state index contributed by atoms with van der Waals surface area (Å²) in [7, 11) is 2.42. The second kappa shape index (κ2) is 3.61. The number of rotatable bonds is 2. The molecule has 12 heavy (non-hydrogen) atoms. The predicted molar refractivity (Wildman–Crippen MR) is 49.7 cm³/mol. The van der Waals surface area contributed by atoms with Gasteiger partial charge in [0.05, 0.1) is 4.92 Å². The zero-order valence-corrected chi connectivity index (χ0v) is 7.46. The van der Waals surface area contributed by atoms with Crippen molar-refractivity contribution < 1.29 is 4.92 Å². The summed E-state index contributed by atoms with van der Waals surface area (Å²) in [5.74, 6) is -0.161. The molecule has 4 nitrogen and oxygen atoms in total. The van der Waals surface area contributed by atoms with Crippen molar-refractivity contribution in [2.75, 3.05) is 0 Å². The van der Waals surface area contributed by atoms with Crippen molar-refractivity contribution in [3.63, 3.8) is 0 Å². The van der Waals surface area contributed by atoms with E-state index in [1.165, 1.54) is 12.1 Å². The Labute approximate surface area is 72.1 Å². The first-order valence-corrected chi connectivity index (χ1v) is 4.03. The molecule has 0 radical (unpaired) electrons. The third kappa shape index (κ3) is 2.00. The maximum Gasteiger partial charge on any atom is 0.269 e. The van der Waals surface area contributed by atoms with E-state index < -0.39 is 4.92 Å². The third-order valence-corrected chi connectivity index (χ3v) is 1.87. The van der Waals surface area contributed by atoms with Crippen LogP contribution in [0.4, 0.5) is 5.69 Å². The number of nitro benzene ring substituents is 1. The van der Waals surface area contributed by atoms with Gasteiger partial charge in [0.1, 0.15) is 0 Å². The van der Waals surface area contributed by atoms with Gasteiger partial charge in [-0.15, -0.1) is 9.24 Å². The largest absolute Gasteiger partial charge is 0.321 e. The molecule has 0 aromatic heterocycles. The van der Waals surface area contributed by atoms with Gasteiger partial charge in [0.2, 0.25) is 0 Å². The van der Waals surface area contributed by atoms with Crippen molar-refractivity contribution in [1.29, 1.82) is 0 Å². The first-order chi connectivity index (χ1) is 5.61. The Hall–Kier alpha value is -0.990. The minimum Gasteiger partial charge on any atom is -0.321 e. The summed E-state index contributed by atoms with van der Waals surface area (Å²) in [4.78, 5) is 9.82. The third-order valence-electron chi connectivity index (χ3n) is 1.49. The zero-order valence-electron chi connectivity index (χ0n) is 6.31. The Balaban J connectivity index is 2.93. The van der Waals surface area contributed by atoms with E-state index in [2.05, 4.69) is 9.24 Å². The highest BCUT2D eigenvalue weighted by molar-refractivity contribution is 7.17. The number of non-ortho nitro benzene ring substituents is 1. The summed E-state index contributed by atoms with van der Waals surface area (Å²) in [5.41, 5.74) is 6.49. The molecule has 1 aromatic rings. The molecule has 0 saturated heterocycles. The fourth-order valence-electron chi connectivity index (χ4n) is 0.818. The first kappa shape index (κ1) is 9.10. The van der Waals surface area contributed by atoms with E-state index in [1.807, 2.05) is 0 Å². The predicted octanol–water partition coefficient (Wildman–Crippen LogP) is 1.43. The van der Waals surface area contributed by atoms with Gasteiger partial charge in [-0.25, -0.2) is 0 Å². The van der Waals surface area contributed by atoms with Crippen LogP contribution in [0.5, 0.6) is 0 Å². The van der Waals surface area contributed by atoms with Crippen molar-refractivity contribution >= 4 is 14.9 Å². The summed E-state index contributed by atoms with van der Waals surface area (Å²) in [6.45, 7) is 0. The topological polar surface area (TPSA) is 69.2 Å². The van der Waals surface area contributed by atoms with Gasteiger partial charge in [0, 0.05) is 17.9 Å². The van der Waals surface area contributed by atoms with E-state index in [9.17, 15) is 10.1 Å². The fraction of sp³-hybridized carbons (Fsp3) is 0.143. The number of hydrogen-bond acceptors (Lipinski definition) is 3. The molecule has 0 fully saturated rings. The molecular formula is C7H9N2O2P. The highest BCUT2D eigenvalue weighted by atomic mass is 31.0. The van der Waals surface area contributed by atoms with Gasteiger partial charge >= 0.3 is 0 Å². The van der Waals surface area contributed by atoms with Crippen LogP contribution in [0.25, 0.3) is 0 Å². The summed E-state index contributed by atoms with van der Waals surface area (Å²) in [6.07, 6.45) is 0. The van der Waals surface area contributed by atoms with E-state index in [1.54, 1.807) is 12.1 Å². The molecule has 0 aliphatic heterocycles. The Bertz CT molecular complexity index is 284. The lowest BCUT2D eigenvalue weighted by Gasteiger charge is -2.02. The number of hydrogen-bond donors (Lipinski definition) is 1. The second-order valence-electron chi connectivity index (χ2n) is 2.37. The van der Waals surface area contributed by atoms with Gasteiger partial charge in [0.25, 0.3) is 5.69 Å². The van der Waals surface area contributed by atoms with Crippen molar-refractivity contribution in [3.8, 4) is 0 Å². The van der Waals surface area contributed by atoms with Gasteiger partial charge in [-0.3, -0.25) is 10.1 Å². The molecule has 1 rings (SSSR count). The Morgan fingerprint density at radius 1 is 1.42 bits per heavy atom. The summed E-state index contributed by atoms with van der Waals surface area (Å²) >= 11 is 0. The van der Waals surface area contributed by atoms with Crippen molar-refractivity contribution in [3.05, 3.63) is 39.9 Å². The standard InChI is InChI=1S/C7H9N2O2P/c8-7(12)5-1-3-6(4-2-5)9(10)11/h1-4,7H,8,12H2. The smallest absolute Gasteiger partial charge is 0.269 e. The van der Waals surface area contributed by atoms with Gasteiger partial charge in [-0.1, -0.05) is 12.1 Å². The second-order valence-corrected chi connectivity index (χ2v) is 3.09. The normalized spacial score (nSPS) is 12.5. The quantitative estimate of drug-likeness (QED) is 0.429. The number of nitrogens with two attached hydrogens (primary N) is 1. The van der Waals surface area contributed by atoms with Gasteiger partial charge < -0.3 is 5.73 Å². The Morgan fingerprint density at radius 2 is 1.92 bits per heavy atom. The van der Waals surface area contributed by atoms with E-state index in [-0.39, 0.29) is 11.5 Å². The van der Waals surface area contributed by atoms with Crippen LogP contribution in [0.1, 0.15) is 11.3 Å². The van der Waals surface area contributed by atoms with Crippen LogP contribution in [-0.2, 0) is 0 Å². The van der Waals surface area contributed by atoms with Crippen LogP contribution < -0.4 is 5.73 Å². The highest BCUT2D eigenvalue weighted by Gasteiger charge is 2.05. The molecule has 0 aliphatic rings.